The van der Waals surface area contributed by atoms with Gasteiger partial charge in [0.1, 0.15) is 18.2 Å². The number of nitrogens with one attached hydrogen (secondary N) is 1. The van der Waals surface area contributed by atoms with Crippen LogP contribution in [0.2, 0.25) is 0 Å². The van der Waals surface area contributed by atoms with Crippen molar-refractivity contribution in [1.29, 1.82) is 0 Å². The first-order chi connectivity index (χ1) is 14.5. The van der Waals surface area contributed by atoms with Crippen LogP contribution in [0, 0.1) is 15.9 Å². The van der Waals surface area contributed by atoms with E-state index in [4.69, 9.17) is 4.74 Å². The number of halogens is 1. The van der Waals surface area contributed by atoms with Crippen molar-refractivity contribution in [3.05, 3.63) is 70.3 Å². The number of hydrogen-bond donors (Lipinski definition) is 1. The number of thioether (sulfide) groups is 1. The largest absolute Gasteiger partial charge is 0.486 e. The first-order valence-electron chi connectivity index (χ1n) is 8.94. The van der Waals surface area contributed by atoms with Crippen LogP contribution >= 0.6 is 11.8 Å². The Morgan fingerprint density at radius 1 is 1.27 bits per heavy atom. The Morgan fingerprint density at radius 2 is 2.03 bits per heavy atom. The predicted molar refractivity (Wildman–Crippen MR) is 109 cm³/mol. The minimum absolute atomic E-state index is 0.0552. The lowest BCUT2D eigenvalue weighted by Crippen LogP contribution is -2.15. The maximum atomic E-state index is 13.0. The van der Waals surface area contributed by atoms with E-state index in [0.717, 1.165) is 0 Å². The van der Waals surface area contributed by atoms with Crippen molar-refractivity contribution in [3.8, 4) is 5.75 Å². The summed E-state index contributed by atoms with van der Waals surface area (Å²) in [7, 11) is 0. The van der Waals surface area contributed by atoms with Crippen LogP contribution in [0.5, 0.6) is 5.75 Å². The van der Waals surface area contributed by atoms with Crippen LogP contribution in [0.25, 0.3) is 0 Å². The topological polar surface area (TPSA) is 112 Å². The molecule has 0 spiro atoms. The van der Waals surface area contributed by atoms with Crippen molar-refractivity contribution in [3.63, 3.8) is 0 Å². The maximum absolute atomic E-state index is 13.0. The zero-order chi connectivity index (χ0) is 21.5. The van der Waals surface area contributed by atoms with Gasteiger partial charge in [0.15, 0.2) is 11.0 Å². The number of carbonyl (C=O) groups is 1. The molecule has 0 saturated heterocycles. The second-order valence-corrected chi connectivity index (χ2v) is 6.97. The molecule has 11 heteroatoms. The molecule has 3 aromatic rings. The Bertz CT molecular complexity index is 1040. The predicted octanol–water partition coefficient (Wildman–Crippen LogP) is 3.66. The van der Waals surface area contributed by atoms with Crippen LogP contribution < -0.4 is 10.1 Å². The monoisotopic (exact) mass is 431 g/mol. The third-order valence-electron chi connectivity index (χ3n) is 3.96. The minimum Gasteiger partial charge on any atom is -0.486 e. The van der Waals surface area contributed by atoms with Gasteiger partial charge in [-0.3, -0.25) is 14.9 Å². The van der Waals surface area contributed by atoms with Crippen LogP contribution in [0.4, 0.5) is 15.8 Å². The number of nitrogens with zero attached hydrogens (tertiary/aromatic N) is 4. The van der Waals surface area contributed by atoms with Gasteiger partial charge in [0.2, 0.25) is 5.91 Å². The molecule has 3 rings (SSSR count). The molecule has 0 saturated carbocycles. The molecule has 0 fully saturated rings. The Balaban J connectivity index is 1.57. The summed E-state index contributed by atoms with van der Waals surface area (Å²) < 4.78 is 20.4. The number of aromatic nitrogens is 3. The number of benzene rings is 2. The SMILES string of the molecule is CCn1c(COc2ccc(F)cc2)nnc1SCC(=O)Nc1cccc([N+](=O)[O-])c1. The fourth-order valence-electron chi connectivity index (χ4n) is 2.55. The smallest absolute Gasteiger partial charge is 0.271 e. The van der Waals surface area contributed by atoms with E-state index >= 15 is 0 Å². The molecule has 0 aliphatic carbocycles. The number of non-ortho nitro benzene ring substituents is 1. The molecule has 9 nitrogen and oxygen atoms in total. The van der Waals surface area contributed by atoms with Crippen LogP contribution in [0.3, 0.4) is 0 Å². The molecule has 0 atom stereocenters. The summed E-state index contributed by atoms with van der Waals surface area (Å²) in [6.07, 6.45) is 0. The number of ether oxygens (including phenoxy) is 1. The molecule has 156 valence electrons. The number of nitro benzene ring substituents is 1. The molecular formula is C19H18FN5O4S. The van der Waals surface area contributed by atoms with Gasteiger partial charge in [-0.15, -0.1) is 10.2 Å². The highest BCUT2D eigenvalue weighted by Crippen LogP contribution is 2.21. The lowest BCUT2D eigenvalue weighted by molar-refractivity contribution is -0.384. The molecule has 30 heavy (non-hydrogen) atoms. The summed E-state index contributed by atoms with van der Waals surface area (Å²) >= 11 is 1.19. The lowest BCUT2D eigenvalue weighted by Gasteiger charge is -2.09. The van der Waals surface area contributed by atoms with Gasteiger partial charge in [0.05, 0.1) is 10.7 Å². The molecule has 1 N–H and O–H groups in total. The van der Waals surface area contributed by atoms with E-state index in [1.54, 1.807) is 6.07 Å². The fourth-order valence-corrected chi connectivity index (χ4v) is 3.37. The van der Waals surface area contributed by atoms with Gasteiger partial charge in [0, 0.05) is 24.4 Å². The second kappa shape index (κ2) is 9.83. The Labute approximate surface area is 175 Å². The number of hydrogen-bond acceptors (Lipinski definition) is 7. The summed E-state index contributed by atoms with van der Waals surface area (Å²) in [6, 6.07) is 11.4. The van der Waals surface area contributed by atoms with E-state index < -0.39 is 4.92 Å². The van der Waals surface area contributed by atoms with E-state index in [-0.39, 0.29) is 29.8 Å². The number of nitro groups is 1. The first kappa shape index (κ1) is 21.2. The molecule has 2 aromatic carbocycles. The van der Waals surface area contributed by atoms with E-state index in [0.29, 0.717) is 29.0 Å². The van der Waals surface area contributed by atoms with Gasteiger partial charge in [-0.05, 0) is 37.3 Å². The number of carbonyl (C=O) groups excluding carboxylic acids is 1. The Morgan fingerprint density at radius 3 is 2.73 bits per heavy atom. The Kier molecular flexibility index (Phi) is 6.96. The molecule has 1 aromatic heterocycles. The normalized spacial score (nSPS) is 10.6. The summed E-state index contributed by atoms with van der Waals surface area (Å²) in [4.78, 5) is 22.5. The van der Waals surface area contributed by atoms with Crippen molar-refractivity contribution in [1.82, 2.24) is 14.8 Å². The van der Waals surface area contributed by atoms with Crippen molar-refractivity contribution in [2.45, 2.75) is 25.2 Å². The summed E-state index contributed by atoms with van der Waals surface area (Å²) in [5, 5.41) is 22.2. The number of rotatable bonds is 9. The van der Waals surface area contributed by atoms with Crippen LogP contribution in [0.1, 0.15) is 12.7 Å². The summed E-state index contributed by atoms with van der Waals surface area (Å²) in [5.41, 5.74) is 0.247. The van der Waals surface area contributed by atoms with Crippen LogP contribution in [-0.2, 0) is 17.9 Å². The molecule has 0 aliphatic heterocycles. The molecule has 0 unspecified atom stereocenters. The molecule has 0 aliphatic rings. The molecule has 0 radical (unpaired) electrons. The highest BCUT2D eigenvalue weighted by Gasteiger charge is 2.14. The third-order valence-corrected chi connectivity index (χ3v) is 4.93. The van der Waals surface area contributed by atoms with Crippen molar-refractivity contribution in [2.75, 3.05) is 11.1 Å². The zero-order valence-corrected chi connectivity index (χ0v) is 16.8. The van der Waals surface area contributed by atoms with E-state index in [1.807, 2.05) is 11.5 Å². The zero-order valence-electron chi connectivity index (χ0n) is 15.9. The summed E-state index contributed by atoms with van der Waals surface area (Å²) in [5.74, 6) is 0.465. The van der Waals surface area contributed by atoms with Gasteiger partial charge in [-0.1, -0.05) is 17.8 Å². The van der Waals surface area contributed by atoms with Crippen molar-refractivity contribution >= 4 is 29.0 Å². The molecule has 1 amide bonds. The van der Waals surface area contributed by atoms with E-state index in [2.05, 4.69) is 15.5 Å². The highest BCUT2D eigenvalue weighted by molar-refractivity contribution is 7.99. The molecule has 0 bridgehead atoms. The minimum atomic E-state index is -0.524. The van der Waals surface area contributed by atoms with Gasteiger partial charge < -0.3 is 14.6 Å². The quantitative estimate of drug-likeness (QED) is 0.313. The first-order valence-corrected chi connectivity index (χ1v) is 9.92. The van der Waals surface area contributed by atoms with Crippen LogP contribution in [0.15, 0.2) is 53.7 Å². The van der Waals surface area contributed by atoms with Crippen LogP contribution in [-0.4, -0.2) is 31.3 Å². The van der Waals surface area contributed by atoms with Gasteiger partial charge in [-0.2, -0.15) is 0 Å². The standard InChI is InChI=1S/C19H18FN5O4S/c1-2-24-17(11-29-16-8-6-13(20)7-9-16)22-23-19(24)30-12-18(26)21-14-4-3-5-15(10-14)25(27)28/h3-10H,2,11-12H2,1H3,(H,21,26). The van der Waals surface area contributed by atoms with Gasteiger partial charge >= 0.3 is 0 Å². The maximum Gasteiger partial charge on any atom is 0.271 e. The number of anilines is 1. The number of amides is 1. The Hall–Kier alpha value is -3.47. The molecule has 1 heterocycles. The highest BCUT2D eigenvalue weighted by atomic mass is 32.2. The lowest BCUT2D eigenvalue weighted by atomic mass is 10.3. The molecular weight excluding hydrogens is 413 g/mol. The average molecular weight is 431 g/mol. The fraction of sp³-hybridized carbons (Fsp3) is 0.211. The van der Waals surface area contributed by atoms with E-state index in [1.165, 1.54) is 54.2 Å². The van der Waals surface area contributed by atoms with Crippen molar-refractivity contribution < 1.29 is 18.8 Å². The summed E-state index contributed by atoms with van der Waals surface area (Å²) in [6.45, 7) is 2.63. The van der Waals surface area contributed by atoms with Gasteiger partial charge in [-0.25, -0.2) is 4.39 Å². The average Bonchev–Trinajstić information content (AvgIpc) is 3.14. The van der Waals surface area contributed by atoms with Gasteiger partial charge in [0.25, 0.3) is 5.69 Å². The second-order valence-electron chi connectivity index (χ2n) is 6.03. The van der Waals surface area contributed by atoms with Crippen molar-refractivity contribution in [2.24, 2.45) is 0 Å². The van der Waals surface area contributed by atoms with E-state index in [9.17, 15) is 19.3 Å². The third kappa shape index (κ3) is 5.54.